The molecule has 7 nitrogen and oxygen atoms in total. The van der Waals surface area contributed by atoms with Crippen LogP contribution in [-0.2, 0) is 4.79 Å². The largest absolute Gasteiger partial charge is 0.359 e. The van der Waals surface area contributed by atoms with E-state index in [0.717, 1.165) is 12.8 Å². The number of carbonyl (C=O) groups excluding carboxylic acids is 2. The standard InChI is InChI=1S/C16H18N4O3/c1-17-14(21)10-5-4-8-20(9-10)16(23)13-11-6-2-3-7-12(11)15(22)19-18-13/h2-3,6-7,10H,4-5,8-9H2,1H3,(H,17,21)(H,19,22). The Morgan fingerprint density at radius 3 is 2.78 bits per heavy atom. The number of rotatable bonds is 2. The van der Waals surface area contributed by atoms with Crippen LogP contribution in [0.5, 0.6) is 0 Å². The summed E-state index contributed by atoms with van der Waals surface area (Å²) >= 11 is 0. The minimum atomic E-state index is -0.320. The lowest BCUT2D eigenvalue weighted by molar-refractivity contribution is -0.125. The summed E-state index contributed by atoms with van der Waals surface area (Å²) in [7, 11) is 1.60. The smallest absolute Gasteiger partial charge is 0.274 e. The summed E-state index contributed by atoms with van der Waals surface area (Å²) in [4.78, 5) is 38.1. The second kappa shape index (κ2) is 6.20. The highest BCUT2D eigenvalue weighted by Gasteiger charge is 2.29. The fraction of sp³-hybridized carbons (Fsp3) is 0.375. The SMILES string of the molecule is CNC(=O)C1CCCN(C(=O)c2n[nH]c(=O)c3ccccc23)C1. The van der Waals surface area contributed by atoms with Gasteiger partial charge < -0.3 is 10.2 Å². The molecule has 2 amide bonds. The lowest BCUT2D eigenvalue weighted by Gasteiger charge is -2.31. The summed E-state index contributed by atoms with van der Waals surface area (Å²) in [5.41, 5.74) is -0.100. The molecule has 0 spiro atoms. The van der Waals surface area contributed by atoms with Crippen molar-refractivity contribution < 1.29 is 9.59 Å². The van der Waals surface area contributed by atoms with E-state index in [-0.39, 0.29) is 29.0 Å². The van der Waals surface area contributed by atoms with Crippen LogP contribution >= 0.6 is 0 Å². The van der Waals surface area contributed by atoms with Crippen molar-refractivity contribution in [1.29, 1.82) is 0 Å². The molecular formula is C16H18N4O3. The normalized spacial score (nSPS) is 18.0. The van der Waals surface area contributed by atoms with Gasteiger partial charge in [0.05, 0.1) is 11.3 Å². The topological polar surface area (TPSA) is 95.2 Å². The summed E-state index contributed by atoms with van der Waals surface area (Å²) in [5, 5.41) is 9.92. The molecule has 2 heterocycles. The first-order valence-corrected chi connectivity index (χ1v) is 7.60. The van der Waals surface area contributed by atoms with Crippen molar-refractivity contribution >= 4 is 22.6 Å². The van der Waals surface area contributed by atoms with Gasteiger partial charge in [-0.1, -0.05) is 18.2 Å². The number of fused-ring (bicyclic) bond motifs is 1. The summed E-state index contributed by atoms with van der Waals surface area (Å²) < 4.78 is 0. The molecular weight excluding hydrogens is 296 g/mol. The third-order valence-corrected chi connectivity index (χ3v) is 4.22. The Morgan fingerprint density at radius 2 is 2.04 bits per heavy atom. The molecule has 2 aromatic rings. The number of nitrogens with zero attached hydrogens (tertiary/aromatic N) is 2. The first-order valence-electron chi connectivity index (χ1n) is 7.60. The second-order valence-electron chi connectivity index (χ2n) is 5.65. The number of benzene rings is 1. The lowest BCUT2D eigenvalue weighted by atomic mass is 9.96. The van der Waals surface area contributed by atoms with E-state index in [1.165, 1.54) is 0 Å². The number of likely N-dealkylation sites (tertiary alicyclic amines) is 1. The molecule has 1 aromatic carbocycles. The molecule has 1 saturated heterocycles. The maximum atomic E-state index is 12.8. The number of aromatic nitrogens is 2. The highest BCUT2D eigenvalue weighted by Crippen LogP contribution is 2.20. The molecule has 23 heavy (non-hydrogen) atoms. The third-order valence-electron chi connectivity index (χ3n) is 4.22. The van der Waals surface area contributed by atoms with Crippen LogP contribution in [-0.4, -0.2) is 47.0 Å². The van der Waals surface area contributed by atoms with Crippen LogP contribution in [0.15, 0.2) is 29.1 Å². The maximum absolute atomic E-state index is 12.8. The Bertz CT molecular complexity index is 814. The molecule has 1 fully saturated rings. The van der Waals surface area contributed by atoms with Crippen LogP contribution in [0, 0.1) is 5.92 Å². The van der Waals surface area contributed by atoms with Crippen molar-refractivity contribution in [3.05, 3.63) is 40.3 Å². The molecule has 3 rings (SSSR count). The van der Waals surface area contributed by atoms with Crippen molar-refractivity contribution in [2.45, 2.75) is 12.8 Å². The van der Waals surface area contributed by atoms with E-state index in [0.29, 0.717) is 23.9 Å². The minimum absolute atomic E-state index is 0.0539. The zero-order valence-electron chi connectivity index (χ0n) is 12.8. The van der Waals surface area contributed by atoms with E-state index in [1.807, 2.05) is 0 Å². The molecule has 1 atom stereocenters. The molecule has 1 aliphatic heterocycles. The van der Waals surface area contributed by atoms with Gasteiger partial charge in [-0.2, -0.15) is 5.10 Å². The van der Waals surface area contributed by atoms with Crippen LogP contribution in [0.1, 0.15) is 23.3 Å². The van der Waals surface area contributed by atoms with Crippen molar-refractivity contribution in [2.24, 2.45) is 5.92 Å². The highest BCUT2D eigenvalue weighted by atomic mass is 16.2. The number of hydrogen-bond acceptors (Lipinski definition) is 4. The Balaban J connectivity index is 1.93. The average molecular weight is 314 g/mol. The van der Waals surface area contributed by atoms with Crippen molar-refractivity contribution in [1.82, 2.24) is 20.4 Å². The predicted molar refractivity (Wildman–Crippen MR) is 85.1 cm³/mol. The van der Waals surface area contributed by atoms with Crippen molar-refractivity contribution in [3.8, 4) is 0 Å². The first-order chi connectivity index (χ1) is 11.1. The van der Waals surface area contributed by atoms with Gasteiger partial charge in [0.15, 0.2) is 5.69 Å². The highest BCUT2D eigenvalue weighted by molar-refractivity contribution is 6.04. The van der Waals surface area contributed by atoms with E-state index in [9.17, 15) is 14.4 Å². The second-order valence-corrected chi connectivity index (χ2v) is 5.65. The maximum Gasteiger partial charge on any atom is 0.274 e. The van der Waals surface area contributed by atoms with Crippen LogP contribution < -0.4 is 10.9 Å². The quantitative estimate of drug-likeness (QED) is 0.845. The van der Waals surface area contributed by atoms with E-state index in [4.69, 9.17) is 0 Å². The number of hydrogen-bond donors (Lipinski definition) is 2. The summed E-state index contributed by atoms with van der Waals surface area (Å²) in [6.07, 6.45) is 1.54. The van der Waals surface area contributed by atoms with Crippen LogP contribution in [0.3, 0.4) is 0 Å². The van der Waals surface area contributed by atoms with Crippen LogP contribution in [0.25, 0.3) is 10.8 Å². The third kappa shape index (κ3) is 2.81. The van der Waals surface area contributed by atoms with E-state index >= 15 is 0 Å². The fourth-order valence-corrected chi connectivity index (χ4v) is 3.01. The summed E-state index contributed by atoms with van der Waals surface area (Å²) in [6.45, 7) is 0.953. The van der Waals surface area contributed by atoms with Gasteiger partial charge in [-0.15, -0.1) is 0 Å². The molecule has 1 aromatic heterocycles. The molecule has 1 unspecified atom stereocenters. The van der Waals surface area contributed by atoms with Crippen LogP contribution in [0.2, 0.25) is 0 Å². The van der Waals surface area contributed by atoms with Gasteiger partial charge >= 0.3 is 0 Å². The summed E-state index contributed by atoms with van der Waals surface area (Å²) in [5.74, 6) is -0.514. The summed E-state index contributed by atoms with van der Waals surface area (Å²) in [6, 6.07) is 6.89. The van der Waals surface area contributed by atoms with Gasteiger partial charge in [0.2, 0.25) is 5.91 Å². The van der Waals surface area contributed by atoms with Gasteiger partial charge in [0.1, 0.15) is 0 Å². The van der Waals surface area contributed by atoms with E-state index in [1.54, 1.807) is 36.2 Å². The van der Waals surface area contributed by atoms with Gasteiger partial charge in [0.25, 0.3) is 11.5 Å². The Labute approximate surface area is 132 Å². The Kier molecular flexibility index (Phi) is 4.10. The van der Waals surface area contributed by atoms with Gasteiger partial charge in [-0.25, -0.2) is 5.10 Å². The molecule has 0 aliphatic carbocycles. The number of H-pyrrole nitrogens is 1. The molecule has 2 N–H and O–H groups in total. The zero-order valence-corrected chi connectivity index (χ0v) is 12.8. The number of piperidine rings is 1. The van der Waals surface area contributed by atoms with E-state index in [2.05, 4.69) is 15.5 Å². The molecule has 0 bridgehead atoms. The monoisotopic (exact) mass is 314 g/mol. The zero-order chi connectivity index (χ0) is 16.4. The van der Waals surface area contributed by atoms with Crippen LogP contribution in [0.4, 0.5) is 0 Å². The number of carbonyl (C=O) groups is 2. The molecule has 0 saturated carbocycles. The van der Waals surface area contributed by atoms with E-state index < -0.39 is 0 Å². The molecule has 1 aliphatic rings. The average Bonchev–Trinajstić information content (AvgIpc) is 2.61. The molecule has 120 valence electrons. The Morgan fingerprint density at radius 1 is 1.30 bits per heavy atom. The number of nitrogens with one attached hydrogen (secondary N) is 2. The van der Waals surface area contributed by atoms with Gasteiger partial charge in [0, 0.05) is 25.5 Å². The first kappa shape index (κ1) is 15.2. The predicted octanol–water partition coefficient (Wildman–Crippen LogP) is 0.521. The number of amides is 2. The van der Waals surface area contributed by atoms with Gasteiger partial charge in [-0.3, -0.25) is 14.4 Å². The van der Waals surface area contributed by atoms with Gasteiger partial charge in [-0.05, 0) is 18.9 Å². The fourth-order valence-electron chi connectivity index (χ4n) is 3.01. The molecule has 7 heteroatoms. The number of aromatic amines is 1. The Hall–Kier alpha value is -2.70. The minimum Gasteiger partial charge on any atom is -0.359 e. The van der Waals surface area contributed by atoms with Crippen molar-refractivity contribution in [2.75, 3.05) is 20.1 Å². The lowest BCUT2D eigenvalue weighted by Crippen LogP contribution is -2.45. The molecule has 0 radical (unpaired) electrons. The van der Waals surface area contributed by atoms with Crippen molar-refractivity contribution in [3.63, 3.8) is 0 Å².